The third-order valence-electron chi connectivity index (χ3n) is 1.97. The lowest BCUT2D eigenvalue weighted by molar-refractivity contribution is -0.116. The molecule has 0 saturated carbocycles. The Balaban J connectivity index is 2.99. The maximum Gasteiger partial charge on any atom is 0.243 e. The van der Waals surface area contributed by atoms with Gasteiger partial charge in [0.2, 0.25) is 5.91 Å². The molecule has 0 atom stereocenters. The zero-order valence-electron chi connectivity index (χ0n) is 9.14. The Labute approximate surface area is 87.0 Å². The largest absolute Gasteiger partial charge is 0.353 e. The molecule has 0 heterocycles. The Morgan fingerprint density at radius 1 is 1.21 bits per heavy atom. The van der Waals surface area contributed by atoms with Gasteiger partial charge in [0.1, 0.15) is 0 Å². The predicted molar refractivity (Wildman–Crippen MR) is 60.2 cm³/mol. The van der Waals surface area contributed by atoms with E-state index in [1.807, 2.05) is 0 Å². The van der Waals surface area contributed by atoms with E-state index < -0.39 is 0 Å². The van der Waals surface area contributed by atoms with Crippen molar-refractivity contribution in [1.29, 1.82) is 0 Å². The third kappa shape index (κ3) is 9.26. The van der Waals surface area contributed by atoms with Crippen LogP contribution in [0.4, 0.5) is 0 Å². The molecule has 2 N–H and O–H groups in total. The van der Waals surface area contributed by atoms with Gasteiger partial charge in [-0.15, -0.1) is 0 Å². The molecule has 0 aromatic carbocycles. The number of amides is 1. The van der Waals surface area contributed by atoms with E-state index in [0.29, 0.717) is 0 Å². The van der Waals surface area contributed by atoms with Crippen molar-refractivity contribution in [3.63, 3.8) is 0 Å². The van der Waals surface area contributed by atoms with Gasteiger partial charge < -0.3 is 10.6 Å². The molecule has 0 unspecified atom stereocenters. The molecule has 14 heavy (non-hydrogen) atoms. The Hall–Kier alpha value is -0.830. The van der Waals surface area contributed by atoms with Crippen molar-refractivity contribution in [1.82, 2.24) is 10.6 Å². The van der Waals surface area contributed by atoms with Crippen molar-refractivity contribution in [3.8, 4) is 0 Å². The Morgan fingerprint density at radius 2 is 1.86 bits per heavy atom. The van der Waals surface area contributed by atoms with Gasteiger partial charge in [0, 0.05) is 6.54 Å². The van der Waals surface area contributed by atoms with Gasteiger partial charge >= 0.3 is 0 Å². The van der Waals surface area contributed by atoms with Crippen LogP contribution >= 0.6 is 0 Å². The number of nitrogens with one attached hydrogen (secondary N) is 2. The monoisotopic (exact) mass is 198 g/mol. The van der Waals surface area contributed by atoms with Crippen molar-refractivity contribution in [2.24, 2.45) is 0 Å². The zero-order chi connectivity index (χ0) is 10.6. The molecule has 0 rings (SSSR count). The highest BCUT2D eigenvalue weighted by atomic mass is 16.1. The van der Waals surface area contributed by atoms with E-state index in [9.17, 15) is 4.79 Å². The smallest absolute Gasteiger partial charge is 0.243 e. The lowest BCUT2D eigenvalue weighted by atomic mass is 10.3. The van der Waals surface area contributed by atoms with Gasteiger partial charge in [-0.3, -0.25) is 4.79 Å². The minimum absolute atomic E-state index is 0.0797. The number of hydrogen-bond acceptors (Lipinski definition) is 2. The summed E-state index contributed by atoms with van der Waals surface area (Å²) in [6, 6.07) is 0. The predicted octanol–water partition coefficient (Wildman–Crippen LogP) is 1.46. The molecule has 0 saturated heterocycles. The normalized spacial score (nSPS) is 9.79. The van der Waals surface area contributed by atoms with Crippen molar-refractivity contribution in [3.05, 3.63) is 12.7 Å². The first-order valence-electron chi connectivity index (χ1n) is 5.42. The molecular weight excluding hydrogens is 176 g/mol. The first-order chi connectivity index (χ1) is 6.81. The average Bonchev–Trinajstić information content (AvgIpc) is 2.21. The molecule has 0 aromatic heterocycles. The van der Waals surface area contributed by atoms with Gasteiger partial charge in [-0.25, -0.2) is 0 Å². The highest BCUT2D eigenvalue weighted by Gasteiger charge is 1.92. The minimum atomic E-state index is -0.0797. The van der Waals surface area contributed by atoms with Gasteiger partial charge in [-0.2, -0.15) is 0 Å². The SMILES string of the molecule is C=CC(=O)NCCCCNCCCC. The number of unbranched alkanes of at least 4 members (excludes halogenated alkanes) is 2. The summed E-state index contributed by atoms with van der Waals surface area (Å²) in [6.45, 7) is 8.47. The van der Waals surface area contributed by atoms with Gasteiger partial charge in [0.05, 0.1) is 0 Å². The molecule has 0 spiro atoms. The van der Waals surface area contributed by atoms with Gasteiger partial charge in [-0.05, 0) is 38.4 Å². The molecule has 3 nitrogen and oxygen atoms in total. The van der Waals surface area contributed by atoms with Crippen LogP contribution in [0.3, 0.4) is 0 Å². The molecule has 3 heteroatoms. The standard InChI is InChI=1S/C11H22N2O/c1-3-5-8-12-9-6-7-10-13-11(14)4-2/h4,12H,2-3,5-10H2,1H3,(H,13,14). The summed E-state index contributed by atoms with van der Waals surface area (Å²) in [5.74, 6) is -0.0797. The van der Waals surface area contributed by atoms with Crippen LogP contribution in [0.15, 0.2) is 12.7 Å². The van der Waals surface area contributed by atoms with Crippen LogP contribution in [-0.4, -0.2) is 25.5 Å². The van der Waals surface area contributed by atoms with Crippen molar-refractivity contribution in [2.45, 2.75) is 32.6 Å². The quantitative estimate of drug-likeness (QED) is 0.435. The number of carbonyl (C=O) groups is 1. The highest BCUT2D eigenvalue weighted by molar-refractivity contribution is 5.86. The zero-order valence-corrected chi connectivity index (χ0v) is 9.14. The topological polar surface area (TPSA) is 41.1 Å². The summed E-state index contributed by atoms with van der Waals surface area (Å²) in [4.78, 5) is 10.7. The van der Waals surface area contributed by atoms with Crippen LogP contribution in [0.25, 0.3) is 0 Å². The minimum Gasteiger partial charge on any atom is -0.353 e. The van der Waals surface area contributed by atoms with Gasteiger partial charge in [-0.1, -0.05) is 19.9 Å². The number of carbonyl (C=O) groups excluding carboxylic acids is 1. The molecule has 0 aliphatic rings. The van der Waals surface area contributed by atoms with Crippen molar-refractivity contribution < 1.29 is 4.79 Å². The fourth-order valence-electron chi connectivity index (χ4n) is 1.09. The fraction of sp³-hybridized carbons (Fsp3) is 0.727. The Kier molecular flexibility index (Phi) is 9.64. The second-order valence-electron chi connectivity index (χ2n) is 3.31. The van der Waals surface area contributed by atoms with Crippen LogP contribution in [0, 0.1) is 0 Å². The van der Waals surface area contributed by atoms with E-state index in [1.165, 1.54) is 18.9 Å². The summed E-state index contributed by atoms with van der Waals surface area (Å²) in [5.41, 5.74) is 0. The third-order valence-corrected chi connectivity index (χ3v) is 1.97. The van der Waals surface area contributed by atoms with Crippen LogP contribution in [0.1, 0.15) is 32.6 Å². The van der Waals surface area contributed by atoms with Crippen molar-refractivity contribution in [2.75, 3.05) is 19.6 Å². The molecule has 0 aliphatic heterocycles. The number of rotatable bonds is 9. The van der Waals surface area contributed by atoms with E-state index in [-0.39, 0.29) is 5.91 Å². The Bertz CT molecular complexity index is 157. The van der Waals surface area contributed by atoms with E-state index >= 15 is 0 Å². The van der Waals surface area contributed by atoms with E-state index in [2.05, 4.69) is 24.1 Å². The summed E-state index contributed by atoms with van der Waals surface area (Å²) in [5, 5.41) is 6.11. The van der Waals surface area contributed by atoms with Crippen LogP contribution in [0.5, 0.6) is 0 Å². The summed E-state index contributed by atoms with van der Waals surface area (Å²) in [7, 11) is 0. The van der Waals surface area contributed by atoms with Crippen LogP contribution in [0.2, 0.25) is 0 Å². The second-order valence-corrected chi connectivity index (χ2v) is 3.31. The molecule has 0 aliphatic carbocycles. The second kappa shape index (κ2) is 10.3. The highest BCUT2D eigenvalue weighted by Crippen LogP contribution is 1.86. The van der Waals surface area contributed by atoms with Crippen molar-refractivity contribution >= 4 is 5.91 Å². The van der Waals surface area contributed by atoms with E-state index in [1.54, 1.807) is 0 Å². The maximum atomic E-state index is 10.7. The Morgan fingerprint density at radius 3 is 2.50 bits per heavy atom. The molecule has 0 aromatic rings. The van der Waals surface area contributed by atoms with E-state index in [0.717, 1.165) is 32.5 Å². The summed E-state index contributed by atoms with van der Waals surface area (Å²) >= 11 is 0. The molecular formula is C11H22N2O. The van der Waals surface area contributed by atoms with Crippen LogP contribution in [-0.2, 0) is 4.79 Å². The maximum absolute atomic E-state index is 10.7. The molecule has 82 valence electrons. The summed E-state index contributed by atoms with van der Waals surface area (Å²) in [6.07, 6.45) is 5.93. The van der Waals surface area contributed by atoms with Gasteiger partial charge in [0.25, 0.3) is 0 Å². The molecule has 0 bridgehead atoms. The lowest BCUT2D eigenvalue weighted by Crippen LogP contribution is -2.23. The van der Waals surface area contributed by atoms with Crippen LogP contribution < -0.4 is 10.6 Å². The molecule has 1 amide bonds. The lowest BCUT2D eigenvalue weighted by Gasteiger charge is -2.04. The average molecular weight is 198 g/mol. The fourth-order valence-corrected chi connectivity index (χ4v) is 1.09. The van der Waals surface area contributed by atoms with E-state index in [4.69, 9.17) is 0 Å². The molecule has 0 radical (unpaired) electrons. The van der Waals surface area contributed by atoms with Gasteiger partial charge in [0.15, 0.2) is 0 Å². The number of hydrogen-bond donors (Lipinski definition) is 2. The summed E-state index contributed by atoms with van der Waals surface area (Å²) < 4.78 is 0. The first kappa shape index (κ1) is 13.2. The molecule has 0 fully saturated rings. The first-order valence-corrected chi connectivity index (χ1v) is 5.42.